The number of carbonyl (C=O) groups excluding carboxylic acids is 2. The third-order valence-electron chi connectivity index (χ3n) is 13.9. The number of cyclic esters (lactones) is 1. The van der Waals surface area contributed by atoms with E-state index in [4.69, 9.17) is 32.8 Å². The average Bonchev–Trinajstić information content (AvgIpc) is 3.20. The molecule has 12 heteroatoms. The van der Waals surface area contributed by atoms with Gasteiger partial charge in [-0.25, -0.2) is 4.79 Å². The molecule has 0 aromatic heterocycles. The topological polar surface area (TPSA) is 98.8 Å². The first-order chi connectivity index (χ1) is 30.3. The third kappa shape index (κ3) is 16.1. The summed E-state index contributed by atoms with van der Waals surface area (Å²) in [7, 11) is -3.54. The number of ether oxygens (including phenoxy) is 6. The summed E-state index contributed by atoms with van der Waals surface area (Å²) in [5.74, 6) is -0.793. The summed E-state index contributed by atoms with van der Waals surface area (Å²) in [6.07, 6.45) is 12.6. The van der Waals surface area contributed by atoms with Crippen LogP contribution < -0.4 is 4.74 Å². The van der Waals surface area contributed by atoms with E-state index in [1.165, 1.54) is 0 Å². The van der Waals surface area contributed by atoms with Crippen molar-refractivity contribution in [2.75, 3.05) is 6.61 Å². The van der Waals surface area contributed by atoms with E-state index in [1.54, 1.807) is 13.8 Å². The van der Waals surface area contributed by atoms with Crippen molar-refractivity contribution in [1.82, 2.24) is 0 Å². The maximum atomic E-state index is 13.5. The SMILES string of the molecule is C[C@@H](/C=C/[C@@H]1C[C@@H](Br)C[C@H](CCCc2cccc3c2C(=O)OC(C)(C)O3)O1)[C@@H](C[C@H](C[C@@H]1CCC[C@H](C(C)(C)C(=O)OCC[Si](C)(C)C)O1)OCc1ccccc1)O[Si](C)(C)C(C)(C)C. The van der Waals surface area contributed by atoms with E-state index < -0.39 is 27.6 Å². The van der Waals surface area contributed by atoms with E-state index in [0.29, 0.717) is 42.2 Å². The Kier molecular flexibility index (Phi) is 18.9. The normalized spacial score (nSPS) is 24.4. The Morgan fingerprint density at radius 3 is 2.35 bits per heavy atom. The third-order valence-corrected chi connectivity index (χ3v) is 20.9. The van der Waals surface area contributed by atoms with Crippen LogP contribution in [0, 0.1) is 11.3 Å². The molecule has 3 aliphatic heterocycles. The van der Waals surface area contributed by atoms with Crippen LogP contribution in [0.15, 0.2) is 60.7 Å². The molecule has 364 valence electrons. The van der Waals surface area contributed by atoms with Crippen LogP contribution in [0.3, 0.4) is 0 Å². The van der Waals surface area contributed by atoms with Crippen LogP contribution in [-0.4, -0.2) is 82.2 Å². The molecule has 65 heavy (non-hydrogen) atoms. The van der Waals surface area contributed by atoms with Gasteiger partial charge >= 0.3 is 11.9 Å². The molecule has 0 unspecified atom stereocenters. The Bertz CT molecular complexity index is 1870. The minimum atomic E-state index is -2.21. The molecule has 0 radical (unpaired) electrons. The van der Waals surface area contributed by atoms with E-state index in [1.807, 2.05) is 38.1 Å². The van der Waals surface area contributed by atoms with Crippen molar-refractivity contribution < 1.29 is 42.4 Å². The van der Waals surface area contributed by atoms with Crippen LogP contribution in [0.2, 0.25) is 43.8 Å². The highest BCUT2D eigenvalue weighted by molar-refractivity contribution is 9.09. The number of hydrogen-bond donors (Lipinski definition) is 0. The largest absolute Gasteiger partial charge is 0.466 e. The Morgan fingerprint density at radius 1 is 0.938 bits per heavy atom. The molecule has 2 saturated heterocycles. The Hall–Kier alpha value is -2.33. The molecule has 3 heterocycles. The van der Waals surface area contributed by atoms with E-state index in [9.17, 15) is 9.59 Å². The zero-order chi connectivity index (χ0) is 47.8. The van der Waals surface area contributed by atoms with Gasteiger partial charge in [0.2, 0.25) is 5.79 Å². The summed E-state index contributed by atoms with van der Waals surface area (Å²) in [4.78, 5) is 26.8. The van der Waals surface area contributed by atoms with E-state index >= 15 is 0 Å². The molecule has 0 spiro atoms. The average molecular weight is 1000 g/mol. The van der Waals surface area contributed by atoms with Crippen molar-refractivity contribution in [3.8, 4) is 5.75 Å². The van der Waals surface area contributed by atoms with Gasteiger partial charge in [0.15, 0.2) is 8.32 Å². The number of halogens is 1. The number of aryl methyl sites for hydroxylation is 1. The van der Waals surface area contributed by atoms with Gasteiger partial charge in [-0.3, -0.25) is 4.79 Å². The first kappa shape index (κ1) is 53.6. The lowest BCUT2D eigenvalue weighted by Gasteiger charge is -2.42. The van der Waals surface area contributed by atoms with Crippen molar-refractivity contribution in [1.29, 1.82) is 0 Å². The summed E-state index contributed by atoms with van der Waals surface area (Å²) in [5, 5.41) is 0.0237. The molecule has 2 aromatic carbocycles. The maximum Gasteiger partial charge on any atom is 0.345 e. The van der Waals surface area contributed by atoms with Crippen molar-refractivity contribution in [2.24, 2.45) is 11.3 Å². The molecule has 5 rings (SSSR count). The molecule has 3 aliphatic rings. The predicted molar refractivity (Wildman–Crippen MR) is 270 cm³/mol. The van der Waals surface area contributed by atoms with Gasteiger partial charge in [0.25, 0.3) is 0 Å². The van der Waals surface area contributed by atoms with Crippen molar-refractivity contribution >= 4 is 44.3 Å². The lowest BCUT2D eigenvalue weighted by molar-refractivity contribution is -0.173. The number of benzene rings is 2. The van der Waals surface area contributed by atoms with Gasteiger partial charge < -0.3 is 32.8 Å². The van der Waals surface area contributed by atoms with Crippen LogP contribution in [0.25, 0.3) is 0 Å². The molecular weight excluding hydrogens is 917 g/mol. The molecule has 0 bridgehead atoms. The van der Waals surface area contributed by atoms with Crippen molar-refractivity contribution in [3.63, 3.8) is 0 Å². The molecule has 2 fully saturated rings. The molecule has 0 aliphatic carbocycles. The van der Waals surface area contributed by atoms with Gasteiger partial charge in [-0.05, 0) is 125 Å². The number of esters is 2. The molecule has 8 atom stereocenters. The van der Waals surface area contributed by atoms with Crippen molar-refractivity contribution in [3.05, 3.63) is 77.4 Å². The van der Waals surface area contributed by atoms with Crippen molar-refractivity contribution in [2.45, 2.75) is 217 Å². The molecule has 2 aromatic rings. The molecule has 9 nitrogen and oxygen atoms in total. The highest BCUT2D eigenvalue weighted by atomic mass is 79.9. The van der Waals surface area contributed by atoms with Gasteiger partial charge in [-0.1, -0.05) is 118 Å². The van der Waals surface area contributed by atoms with Gasteiger partial charge in [0.05, 0.1) is 55.3 Å². The van der Waals surface area contributed by atoms with Gasteiger partial charge in [0, 0.05) is 26.7 Å². The number of alkyl halides is 1. The quantitative estimate of drug-likeness (QED) is 0.0524. The number of hydrogen-bond acceptors (Lipinski definition) is 9. The Morgan fingerprint density at radius 2 is 1.66 bits per heavy atom. The molecule has 0 saturated carbocycles. The standard InChI is InChI=1S/C53H83BrO9Si2/c1-37(28-29-43-33-40(54)32-41(59-43)24-17-22-39-23-18-26-45-48(39)49(55)62-53(7,8)61-45)46(63-65(12,13)51(2,3)4)35-44(58-36-38-20-15-14-16-21-38)34-42-25-19-27-47(60-42)52(5,6)50(56)57-30-31-64(9,10)11/h14-16,18,20-21,23,26,28-29,37,40-44,46-47H,17,19,22,24-25,27,30-36H2,1-13H3/b29-28+/t37-,40-,41-,42-,43+,44-,46+,47+/m0/s1. The molecule has 0 N–H and O–H groups in total. The fourth-order valence-electron chi connectivity index (χ4n) is 8.78. The van der Waals surface area contributed by atoms with Crippen LogP contribution in [-0.2, 0) is 45.9 Å². The maximum absolute atomic E-state index is 13.5. The highest BCUT2D eigenvalue weighted by Gasteiger charge is 2.44. The van der Waals surface area contributed by atoms with Crippen LogP contribution in [0.1, 0.15) is 135 Å². The van der Waals surface area contributed by atoms with Crippen LogP contribution >= 0.6 is 15.9 Å². The first-order valence-corrected chi connectivity index (χ1v) is 32.0. The monoisotopic (exact) mass is 998 g/mol. The Labute approximate surface area is 403 Å². The summed E-state index contributed by atoms with van der Waals surface area (Å²) < 4.78 is 45.3. The lowest BCUT2D eigenvalue weighted by Crippen LogP contribution is -2.47. The van der Waals surface area contributed by atoms with E-state index in [-0.39, 0.29) is 59.5 Å². The zero-order valence-electron chi connectivity index (χ0n) is 42.1. The van der Waals surface area contributed by atoms with E-state index in [2.05, 4.69) is 113 Å². The molecular formula is C53H83BrO9Si2. The first-order valence-electron chi connectivity index (χ1n) is 24.5. The molecule has 0 amide bonds. The second-order valence-electron chi connectivity index (χ2n) is 22.8. The van der Waals surface area contributed by atoms with Gasteiger partial charge in [0.1, 0.15) is 11.3 Å². The predicted octanol–water partition coefficient (Wildman–Crippen LogP) is 13.4. The number of carbonyl (C=O) groups is 2. The smallest absolute Gasteiger partial charge is 0.345 e. The summed E-state index contributed by atoms with van der Waals surface area (Å²) in [5.41, 5.74) is 1.87. The van der Waals surface area contributed by atoms with Crippen LogP contribution in [0.4, 0.5) is 0 Å². The second kappa shape index (κ2) is 22.9. The van der Waals surface area contributed by atoms with E-state index in [0.717, 1.165) is 68.5 Å². The summed E-state index contributed by atoms with van der Waals surface area (Å²) in [6, 6.07) is 17.1. The fourth-order valence-corrected chi connectivity index (χ4v) is 11.7. The van der Waals surface area contributed by atoms with Gasteiger partial charge in [-0.2, -0.15) is 0 Å². The highest BCUT2D eigenvalue weighted by Crippen LogP contribution is 2.41. The lowest BCUT2D eigenvalue weighted by atomic mass is 9.81. The summed E-state index contributed by atoms with van der Waals surface area (Å²) in [6.45, 7) is 29.2. The summed E-state index contributed by atoms with van der Waals surface area (Å²) >= 11 is 3.97. The minimum absolute atomic E-state index is 0.0237. The van der Waals surface area contributed by atoms with Crippen LogP contribution in [0.5, 0.6) is 5.75 Å². The second-order valence-corrected chi connectivity index (χ2v) is 34.5. The van der Waals surface area contributed by atoms with Gasteiger partial charge in [-0.15, -0.1) is 0 Å². The zero-order valence-corrected chi connectivity index (χ0v) is 45.7. The number of rotatable bonds is 21. The Balaban J connectivity index is 1.28. The fraction of sp³-hybridized carbons (Fsp3) is 0.698. The minimum Gasteiger partial charge on any atom is -0.466 e. The number of fused-ring (bicyclic) bond motifs is 1.